The number of hydrogen-bond acceptors (Lipinski definition) is 7. The van der Waals surface area contributed by atoms with Gasteiger partial charge < -0.3 is 23.8 Å². The fourth-order valence-corrected chi connectivity index (χ4v) is 3.87. The highest BCUT2D eigenvalue weighted by Crippen LogP contribution is 2.42. The molecule has 0 aliphatic carbocycles. The van der Waals surface area contributed by atoms with Gasteiger partial charge in [-0.05, 0) is 17.7 Å². The van der Waals surface area contributed by atoms with Crippen molar-refractivity contribution in [1.29, 1.82) is 0 Å². The van der Waals surface area contributed by atoms with Crippen molar-refractivity contribution in [3.63, 3.8) is 0 Å². The minimum Gasteiger partial charge on any atom is -0.486 e. The Bertz CT molecular complexity index is 1060. The fraction of sp³-hybridized carbons (Fsp3) is 0.455. The summed E-state index contributed by atoms with van der Waals surface area (Å²) in [6.07, 6.45) is -5.22. The van der Waals surface area contributed by atoms with Crippen LogP contribution in [0.25, 0.3) is 0 Å². The fourth-order valence-electron chi connectivity index (χ4n) is 3.87. The molecule has 3 heterocycles. The third-order valence-corrected chi connectivity index (χ3v) is 5.47. The molecule has 178 valence electrons. The van der Waals surface area contributed by atoms with Gasteiger partial charge in [-0.3, -0.25) is 9.53 Å². The number of fused-ring (bicyclic) bond motifs is 1. The molecule has 1 amide bonds. The van der Waals surface area contributed by atoms with Gasteiger partial charge in [-0.25, -0.2) is 4.98 Å². The number of halogens is 3. The number of carbonyl (C=O) groups excluding carboxylic acids is 1. The summed E-state index contributed by atoms with van der Waals surface area (Å²) in [6.45, 7) is -3.12. The van der Waals surface area contributed by atoms with E-state index in [1.165, 1.54) is 24.1 Å². The Labute approximate surface area is 191 Å². The summed E-state index contributed by atoms with van der Waals surface area (Å²) in [5.74, 6) is -0.472. The second-order valence-electron chi connectivity index (χ2n) is 7.40. The number of alkyl halides is 3. The monoisotopic (exact) mass is 470 g/mol. The first kappa shape index (κ1) is 20.7. The minimum absolute atomic E-state index is 0.0230. The summed E-state index contributed by atoms with van der Waals surface area (Å²) in [4.78, 5) is 18.8. The highest BCUT2D eigenvalue weighted by Gasteiger charge is 2.51. The molecule has 2 atom stereocenters. The summed E-state index contributed by atoms with van der Waals surface area (Å²) in [6, 6.07) is 11.9. The molecule has 4 rings (SSSR count). The van der Waals surface area contributed by atoms with Gasteiger partial charge in [0.05, 0.1) is 23.0 Å². The predicted molar refractivity (Wildman–Crippen MR) is 108 cm³/mol. The third kappa shape index (κ3) is 5.05. The van der Waals surface area contributed by atoms with E-state index >= 15 is 0 Å². The maximum Gasteiger partial charge on any atom is 0.522 e. The van der Waals surface area contributed by atoms with E-state index in [0.29, 0.717) is 6.42 Å². The largest absolute Gasteiger partial charge is 0.522 e. The van der Waals surface area contributed by atoms with Gasteiger partial charge in [0, 0.05) is 13.0 Å². The second kappa shape index (κ2) is 9.54. The Balaban J connectivity index is 1.46. The standard InChI is InChI=1S/C22H23F3N2O6/c1-29-19-17(30-11-12-32-22(23,24)25)8-7-16(26-19)20(28)27-10-9-21(15-5-3-2-4-6-15)18(13-27)31-14-33-21/h2-8,18H,9-14H2,1H3/t18?,21-/m1/s1/i14D2. The SMILES string of the molecule is [2H]C1([2H])OC2CN(C(=O)c3ccc(OCCOC(F)(F)F)c(OC)n3)CC[C@]2(c2ccccc2)O1. The number of pyridine rings is 1. The van der Waals surface area contributed by atoms with Crippen molar-refractivity contribution in [2.45, 2.75) is 24.5 Å². The molecule has 2 saturated heterocycles. The normalized spacial score (nSPS) is 25.1. The lowest BCUT2D eigenvalue weighted by atomic mass is 9.82. The van der Waals surface area contributed by atoms with Gasteiger partial charge >= 0.3 is 6.36 Å². The van der Waals surface area contributed by atoms with Crippen LogP contribution in [-0.4, -0.2) is 68.4 Å². The van der Waals surface area contributed by atoms with Crippen LogP contribution in [0, 0.1) is 0 Å². The van der Waals surface area contributed by atoms with Gasteiger partial charge in [0.2, 0.25) is 0 Å². The van der Waals surface area contributed by atoms with Gasteiger partial charge in [0.1, 0.15) is 30.8 Å². The Morgan fingerprint density at radius 3 is 2.79 bits per heavy atom. The van der Waals surface area contributed by atoms with Crippen LogP contribution in [0.3, 0.4) is 0 Å². The maximum absolute atomic E-state index is 13.2. The van der Waals surface area contributed by atoms with E-state index in [9.17, 15) is 18.0 Å². The van der Waals surface area contributed by atoms with Crippen LogP contribution >= 0.6 is 0 Å². The smallest absolute Gasteiger partial charge is 0.486 e. The van der Waals surface area contributed by atoms with E-state index in [2.05, 4.69) is 9.72 Å². The lowest BCUT2D eigenvalue weighted by molar-refractivity contribution is -0.325. The molecule has 1 unspecified atom stereocenters. The van der Waals surface area contributed by atoms with Crippen molar-refractivity contribution in [3.05, 3.63) is 53.7 Å². The molecular weight excluding hydrogens is 445 g/mol. The van der Waals surface area contributed by atoms with Crippen molar-refractivity contribution in [2.75, 3.05) is 40.2 Å². The van der Waals surface area contributed by atoms with Crippen LogP contribution in [0.2, 0.25) is 0 Å². The number of amides is 1. The van der Waals surface area contributed by atoms with E-state index in [-0.39, 0.29) is 30.4 Å². The van der Waals surface area contributed by atoms with Crippen molar-refractivity contribution >= 4 is 5.91 Å². The molecule has 0 bridgehead atoms. The number of ether oxygens (including phenoxy) is 5. The van der Waals surface area contributed by atoms with E-state index in [0.717, 1.165) is 5.56 Å². The van der Waals surface area contributed by atoms with Crippen LogP contribution in [0.15, 0.2) is 42.5 Å². The lowest BCUT2D eigenvalue weighted by Crippen LogP contribution is -2.53. The molecule has 0 radical (unpaired) electrons. The van der Waals surface area contributed by atoms with Crippen molar-refractivity contribution in [3.8, 4) is 11.6 Å². The van der Waals surface area contributed by atoms with E-state index in [4.69, 9.17) is 21.7 Å². The van der Waals surface area contributed by atoms with Crippen molar-refractivity contribution < 1.29 is 44.4 Å². The summed E-state index contributed by atoms with van der Waals surface area (Å²) in [7, 11) is 1.29. The molecule has 1 aromatic carbocycles. The number of piperidine rings is 1. The number of nitrogens with zero attached hydrogens (tertiary/aromatic N) is 2. The van der Waals surface area contributed by atoms with Crippen LogP contribution in [0.1, 0.15) is 25.2 Å². The first-order chi connectivity index (χ1) is 16.5. The predicted octanol–water partition coefficient (Wildman–Crippen LogP) is 3.12. The Morgan fingerprint density at radius 2 is 2.06 bits per heavy atom. The molecule has 2 fully saturated rings. The Kier molecular flexibility index (Phi) is 5.98. The zero-order valence-electron chi connectivity index (χ0n) is 19.6. The molecular formula is C22H23F3N2O6. The van der Waals surface area contributed by atoms with E-state index in [1.807, 2.05) is 30.3 Å². The van der Waals surface area contributed by atoms with Gasteiger partial charge in [-0.2, -0.15) is 0 Å². The Hall–Kier alpha value is -2.89. The molecule has 0 saturated carbocycles. The third-order valence-electron chi connectivity index (χ3n) is 5.47. The van der Waals surface area contributed by atoms with Gasteiger partial charge in [-0.1, -0.05) is 30.3 Å². The number of methoxy groups -OCH3 is 1. The zero-order chi connectivity index (χ0) is 25.3. The molecule has 2 aromatic rings. The number of aromatic nitrogens is 1. The first-order valence-corrected chi connectivity index (χ1v) is 10.1. The number of rotatable bonds is 7. The number of hydrogen-bond donors (Lipinski definition) is 0. The highest BCUT2D eigenvalue weighted by molar-refractivity contribution is 5.92. The average molecular weight is 470 g/mol. The molecule has 2 aliphatic rings. The van der Waals surface area contributed by atoms with Gasteiger partial charge in [-0.15, -0.1) is 13.2 Å². The molecule has 8 nitrogen and oxygen atoms in total. The summed E-state index contributed by atoms with van der Waals surface area (Å²) in [5.41, 5.74) is -0.257. The van der Waals surface area contributed by atoms with Gasteiger partial charge in [0.25, 0.3) is 11.8 Å². The van der Waals surface area contributed by atoms with Crippen LogP contribution in [-0.2, 0) is 19.8 Å². The first-order valence-electron chi connectivity index (χ1n) is 11.1. The van der Waals surface area contributed by atoms with Crippen LogP contribution in [0.5, 0.6) is 11.6 Å². The number of likely N-dealkylation sites (tertiary alicyclic amines) is 1. The zero-order valence-corrected chi connectivity index (χ0v) is 17.6. The van der Waals surface area contributed by atoms with Crippen molar-refractivity contribution in [1.82, 2.24) is 9.88 Å². The second-order valence-corrected chi connectivity index (χ2v) is 7.40. The molecule has 2 aliphatic heterocycles. The minimum atomic E-state index is -4.76. The van der Waals surface area contributed by atoms with Crippen LogP contribution < -0.4 is 9.47 Å². The summed E-state index contributed by atoms with van der Waals surface area (Å²) in [5, 5.41) is 0. The highest BCUT2D eigenvalue weighted by atomic mass is 19.4. The van der Waals surface area contributed by atoms with Crippen molar-refractivity contribution in [2.24, 2.45) is 0 Å². The van der Waals surface area contributed by atoms with Crippen LogP contribution in [0.4, 0.5) is 13.2 Å². The number of carbonyl (C=O) groups is 1. The maximum atomic E-state index is 13.2. The quantitative estimate of drug-likeness (QED) is 0.576. The molecule has 11 heteroatoms. The molecule has 0 N–H and O–H groups in total. The Morgan fingerprint density at radius 1 is 1.27 bits per heavy atom. The molecule has 33 heavy (non-hydrogen) atoms. The molecule has 1 aromatic heterocycles. The average Bonchev–Trinajstić information content (AvgIpc) is 3.11. The molecule has 0 spiro atoms. The topological polar surface area (TPSA) is 79.4 Å². The summed E-state index contributed by atoms with van der Waals surface area (Å²) >= 11 is 0. The summed E-state index contributed by atoms with van der Waals surface area (Å²) < 4.78 is 77.5. The van der Waals surface area contributed by atoms with Gasteiger partial charge in [0.15, 0.2) is 5.75 Å². The lowest BCUT2D eigenvalue weighted by Gasteiger charge is -2.41. The van der Waals surface area contributed by atoms with E-state index in [1.54, 1.807) is 0 Å². The van der Waals surface area contributed by atoms with E-state index < -0.39 is 43.9 Å². The number of benzene rings is 1.